The topological polar surface area (TPSA) is 97.1 Å². The van der Waals surface area contributed by atoms with Crippen LogP contribution in [0, 0.1) is 5.92 Å². The van der Waals surface area contributed by atoms with Crippen molar-refractivity contribution >= 4 is 11.8 Å². The maximum atomic E-state index is 13.1. The smallest absolute Gasteiger partial charge is 0.242 e. The Morgan fingerprint density at radius 3 is 2.39 bits per heavy atom. The standard InChI is InChI=1S/C28H38N4O4/c1-35-24-10-6-20(7-11-24)18-31(19-21-4-3-5-25(16-21)36-2)23-12-15-32(28(34)22-8-9-22)26(17-23)27(33)30-14-13-29/h3-7,10-11,16,22-23,26H,8-9,12-15,17-19,29H2,1-2H3,(H,30,33)/t23?,26-/m1/s1. The lowest BCUT2D eigenvalue weighted by molar-refractivity contribution is -0.144. The van der Waals surface area contributed by atoms with Crippen molar-refractivity contribution in [3.05, 3.63) is 59.7 Å². The normalized spacial score (nSPS) is 19.7. The highest BCUT2D eigenvalue weighted by Gasteiger charge is 2.42. The third kappa shape index (κ3) is 6.56. The summed E-state index contributed by atoms with van der Waals surface area (Å²) in [5.74, 6) is 1.74. The molecule has 8 nitrogen and oxygen atoms in total. The van der Waals surface area contributed by atoms with Gasteiger partial charge in [0.15, 0.2) is 0 Å². The van der Waals surface area contributed by atoms with Crippen LogP contribution in [0.4, 0.5) is 0 Å². The predicted octanol–water partition coefficient (Wildman–Crippen LogP) is 2.55. The molecule has 0 radical (unpaired) electrons. The van der Waals surface area contributed by atoms with E-state index < -0.39 is 6.04 Å². The summed E-state index contributed by atoms with van der Waals surface area (Å²) in [6.45, 7) is 2.79. The molecule has 1 aliphatic carbocycles. The number of carbonyl (C=O) groups is 2. The molecule has 2 aliphatic rings. The molecule has 0 bridgehead atoms. The van der Waals surface area contributed by atoms with Gasteiger partial charge in [-0.15, -0.1) is 0 Å². The van der Waals surface area contributed by atoms with Gasteiger partial charge in [-0.05, 0) is 61.1 Å². The van der Waals surface area contributed by atoms with Crippen LogP contribution in [0.2, 0.25) is 0 Å². The van der Waals surface area contributed by atoms with E-state index in [1.807, 2.05) is 29.2 Å². The minimum atomic E-state index is -0.480. The minimum Gasteiger partial charge on any atom is -0.497 e. The number of hydrogen-bond donors (Lipinski definition) is 2. The van der Waals surface area contributed by atoms with Crippen LogP contribution >= 0.6 is 0 Å². The van der Waals surface area contributed by atoms with Gasteiger partial charge in [-0.25, -0.2) is 0 Å². The van der Waals surface area contributed by atoms with Gasteiger partial charge < -0.3 is 25.4 Å². The van der Waals surface area contributed by atoms with Gasteiger partial charge in [-0.2, -0.15) is 0 Å². The molecule has 1 aliphatic heterocycles. The van der Waals surface area contributed by atoms with Crippen molar-refractivity contribution in [2.24, 2.45) is 11.7 Å². The summed E-state index contributed by atoms with van der Waals surface area (Å²) in [5.41, 5.74) is 7.94. The highest BCUT2D eigenvalue weighted by Crippen LogP contribution is 2.34. The first kappa shape index (κ1) is 26.0. The van der Waals surface area contributed by atoms with Crippen LogP contribution in [0.3, 0.4) is 0 Å². The first-order valence-corrected chi connectivity index (χ1v) is 12.8. The van der Waals surface area contributed by atoms with Gasteiger partial charge in [0.2, 0.25) is 11.8 Å². The zero-order chi connectivity index (χ0) is 25.5. The number of piperidine rings is 1. The number of nitrogens with two attached hydrogens (primary N) is 1. The zero-order valence-electron chi connectivity index (χ0n) is 21.3. The van der Waals surface area contributed by atoms with E-state index in [9.17, 15) is 9.59 Å². The Balaban J connectivity index is 1.57. The Morgan fingerprint density at radius 2 is 1.72 bits per heavy atom. The molecular weight excluding hydrogens is 456 g/mol. The molecule has 0 spiro atoms. The van der Waals surface area contributed by atoms with Crippen molar-refractivity contribution in [2.75, 3.05) is 33.9 Å². The van der Waals surface area contributed by atoms with Crippen LogP contribution < -0.4 is 20.5 Å². The fourth-order valence-electron chi connectivity index (χ4n) is 4.95. The number of rotatable bonds is 11. The third-order valence-electron chi connectivity index (χ3n) is 7.11. The molecule has 1 saturated heterocycles. The molecule has 1 heterocycles. The summed E-state index contributed by atoms with van der Waals surface area (Å²) in [6, 6.07) is 15.8. The van der Waals surface area contributed by atoms with Gasteiger partial charge in [0, 0.05) is 44.7 Å². The van der Waals surface area contributed by atoms with Crippen molar-refractivity contribution in [3.63, 3.8) is 0 Å². The average molecular weight is 495 g/mol. The Hall–Kier alpha value is -3.10. The van der Waals surface area contributed by atoms with Crippen molar-refractivity contribution < 1.29 is 19.1 Å². The fourth-order valence-corrected chi connectivity index (χ4v) is 4.95. The Morgan fingerprint density at radius 1 is 1.00 bits per heavy atom. The minimum absolute atomic E-state index is 0.0820. The number of hydrogen-bond acceptors (Lipinski definition) is 6. The Labute approximate surface area is 213 Å². The first-order chi connectivity index (χ1) is 17.5. The number of carbonyl (C=O) groups excluding carboxylic acids is 2. The number of nitrogens with one attached hydrogen (secondary N) is 1. The van der Waals surface area contributed by atoms with Crippen molar-refractivity contribution in [3.8, 4) is 11.5 Å². The van der Waals surface area contributed by atoms with Gasteiger partial charge in [0.1, 0.15) is 17.5 Å². The molecule has 1 saturated carbocycles. The van der Waals surface area contributed by atoms with Crippen LogP contribution in [0.5, 0.6) is 11.5 Å². The molecule has 8 heteroatoms. The monoisotopic (exact) mass is 494 g/mol. The molecule has 2 fully saturated rings. The number of ether oxygens (including phenoxy) is 2. The third-order valence-corrected chi connectivity index (χ3v) is 7.11. The molecule has 194 valence electrons. The molecule has 4 rings (SSSR count). The second-order valence-corrected chi connectivity index (χ2v) is 9.68. The highest BCUT2D eigenvalue weighted by molar-refractivity contribution is 5.89. The SMILES string of the molecule is COc1ccc(CN(Cc2cccc(OC)c2)C2CCN(C(=O)C3CC3)[C@@H](C(=O)NCCN)C2)cc1. The average Bonchev–Trinajstić information content (AvgIpc) is 3.77. The van der Waals surface area contributed by atoms with E-state index in [0.29, 0.717) is 32.6 Å². The number of amides is 2. The number of nitrogens with zero attached hydrogens (tertiary/aromatic N) is 2. The van der Waals surface area contributed by atoms with Gasteiger partial charge >= 0.3 is 0 Å². The first-order valence-electron chi connectivity index (χ1n) is 12.8. The van der Waals surface area contributed by atoms with E-state index in [1.54, 1.807) is 14.2 Å². The quantitative estimate of drug-likeness (QED) is 0.498. The molecular formula is C28H38N4O4. The summed E-state index contributed by atoms with van der Waals surface area (Å²) >= 11 is 0. The fraction of sp³-hybridized carbons (Fsp3) is 0.500. The largest absolute Gasteiger partial charge is 0.497 e. The van der Waals surface area contributed by atoms with Gasteiger partial charge in [-0.3, -0.25) is 14.5 Å². The Kier molecular flexibility index (Phi) is 8.83. The molecule has 2 amide bonds. The zero-order valence-corrected chi connectivity index (χ0v) is 21.3. The predicted molar refractivity (Wildman–Crippen MR) is 139 cm³/mol. The van der Waals surface area contributed by atoms with E-state index >= 15 is 0 Å². The van der Waals surface area contributed by atoms with Crippen LogP contribution in [0.15, 0.2) is 48.5 Å². The van der Waals surface area contributed by atoms with Gasteiger partial charge in [0.05, 0.1) is 14.2 Å². The maximum absolute atomic E-state index is 13.1. The maximum Gasteiger partial charge on any atom is 0.242 e. The van der Waals surface area contributed by atoms with Gasteiger partial charge in [-0.1, -0.05) is 24.3 Å². The number of likely N-dealkylation sites (tertiary alicyclic amines) is 1. The van der Waals surface area contributed by atoms with Crippen molar-refractivity contribution in [1.82, 2.24) is 15.1 Å². The summed E-state index contributed by atoms with van der Waals surface area (Å²) in [4.78, 5) is 30.4. The highest BCUT2D eigenvalue weighted by atomic mass is 16.5. The summed E-state index contributed by atoms with van der Waals surface area (Å²) < 4.78 is 10.8. The lowest BCUT2D eigenvalue weighted by Crippen LogP contribution is -2.57. The molecule has 1 unspecified atom stereocenters. The molecule has 2 aromatic rings. The van der Waals surface area contributed by atoms with Crippen LogP contribution in [-0.2, 0) is 22.7 Å². The number of methoxy groups -OCH3 is 2. The van der Waals surface area contributed by atoms with E-state index in [0.717, 1.165) is 42.9 Å². The summed E-state index contributed by atoms with van der Waals surface area (Å²) in [6.07, 6.45) is 3.26. The molecule has 36 heavy (non-hydrogen) atoms. The molecule has 0 aromatic heterocycles. The second kappa shape index (κ2) is 12.2. The van der Waals surface area contributed by atoms with E-state index in [1.165, 1.54) is 5.56 Å². The van der Waals surface area contributed by atoms with Gasteiger partial charge in [0.25, 0.3) is 0 Å². The molecule has 3 N–H and O–H groups in total. The molecule has 2 atom stereocenters. The summed E-state index contributed by atoms with van der Waals surface area (Å²) in [7, 11) is 3.34. The molecule has 2 aromatic carbocycles. The number of benzene rings is 2. The van der Waals surface area contributed by atoms with E-state index in [2.05, 4.69) is 34.5 Å². The summed E-state index contributed by atoms with van der Waals surface area (Å²) in [5, 5.41) is 2.93. The van der Waals surface area contributed by atoms with E-state index in [4.69, 9.17) is 15.2 Å². The Bertz CT molecular complexity index is 1020. The van der Waals surface area contributed by atoms with E-state index in [-0.39, 0.29) is 23.8 Å². The van der Waals surface area contributed by atoms with Crippen molar-refractivity contribution in [1.29, 1.82) is 0 Å². The lowest BCUT2D eigenvalue weighted by Gasteiger charge is -2.43. The van der Waals surface area contributed by atoms with Crippen molar-refractivity contribution in [2.45, 2.75) is 50.9 Å². The second-order valence-electron chi connectivity index (χ2n) is 9.68. The van der Waals surface area contributed by atoms with Crippen LogP contribution in [-0.4, -0.2) is 67.6 Å². The van der Waals surface area contributed by atoms with Crippen LogP contribution in [0.1, 0.15) is 36.8 Å². The lowest BCUT2D eigenvalue weighted by atomic mass is 9.93. The van der Waals surface area contributed by atoms with Crippen LogP contribution in [0.25, 0.3) is 0 Å².